The Hall–Kier alpha value is 0.0900. The van der Waals surface area contributed by atoms with Crippen molar-refractivity contribution in [3.63, 3.8) is 0 Å². The summed E-state index contributed by atoms with van der Waals surface area (Å²) in [6.07, 6.45) is 0. The van der Waals surface area contributed by atoms with Crippen LogP contribution in [-0.2, 0) is 9.13 Å². The molecule has 0 rings (SSSR count). The lowest BCUT2D eigenvalue weighted by Crippen LogP contribution is -1.66. The molecule has 0 radical (unpaired) electrons. The summed E-state index contributed by atoms with van der Waals surface area (Å²) in [6.45, 7) is 0. The van der Waals surface area contributed by atoms with Crippen molar-refractivity contribution in [2.24, 2.45) is 0 Å². The Morgan fingerprint density at radius 1 is 1.10 bits per heavy atom. The van der Waals surface area contributed by atoms with Crippen LogP contribution in [0, 0.1) is 0 Å². The van der Waals surface area contributed by atoms with Gasteiger partial charge in [-0.15, -0.1) is 0 Å². The first-order valence-electron chi connectivity index (χ1n) is 1.17. The van der Waals surface area contributed by atoms with Crippen molar-refractivity contribution in [3.05, 3.63) is 0 Å². The highest BCUT2D eigenvalue weighted by Crippen LogP contribution is 2.25. The van der Waals surface area contributed by atoms with Gasteiger partial charge in [0.15, 0.2) is 0 Å². The third-order valence-corrected chi connectivity index (χ3v) is 0. The maximum atomic E-state index is 8.88. The molecule has 0 aromatic carbocycles. The van der Waals surface area contributed by atoms with E-state index in [0.717, 1.165) is 0 Å². The highest BCUT2D eigenvalue weighted by atomic mass is 31.2. The number of phosphoric acid groups is 1. The maximum absolute atomic E-state index is 8.88. The van der Waals surface area contributed by atoms with Gasteiger partial charge in [-0.05, 0) is 0 Å². The summed E-state index contributed by atoms with van der Waals surface area (Å²) in [6, 6.07) is 0. The molecule has 0 unspecified atom stereocenters. The summed E-state index contributed by atoms with van der Waals surface area (Å²) in [5.74, 6) is 0. The first kappa shape index (κ1) is 22.5. The summed E-state index contributed by atoms with van der Waals surface area (Å²) in [5.41, 5.74) is 0. The molecule has 0 aliphatic heterocycles. The van der Waals surface area contributed by atoms with Gasteiger partial charge in [-0.1, -0.05) is 0 Å². The quantitative estimate of drug-likeness (QED) is 0.282. The zero-order valence-corrected chi connectivity index (χ0v) is 6.70. The van der Waals surface area contributed by atoms with Crippen LogP contribution in [0.2, 0.25) is 0 Å². The van der Waals surface area contributed by atoms with E-state index in [2.05, 4.69) is 0 Å². The smallest absolute Gasteiger partial charge is 0.344 e. The van der Waals surface area contributed by atoms with Gasteiger partial charge in [0.1, 0.15) is 0 Å². The number of rotatable bonds is 0. The van der Waals surface area contributed by atoms with E-state index in [9.17, 15) is 0 Å². The molecular formula is H10N2O6P2. The van der Waals surface area contributed by atoms with Crippen LogP contribution in [0.5, 0.6) is 0 Å². The average Bonchev–Trinajstić information content (AvgIpc) is 1.27. The fourth-order valence-corrected chi connectivity index (χ4v) is 0. The van der Waals surface area contributed by atoms with Crippen LogP contribution in [0.1, 0.15) is 0 Å². The third kappa shape index (κ3) is 50200. The molecule has 10 heavy (non-hydrogen) atoms. The van der Waals surface area contributed by atoms with Crippen molar-refractivity contribution in [1.82, 2.24) is 12.3 Å². The van der Waals surface area contributed by atoms with Crippen molar-refractivity contribution in [2.75, 3.05) is 0 Å². The molecule has 0 aliphatic carbocycles. The summed E-state index contributed by atoms with van der Waals surface area (Å²) >= 11 is 0. The second-order valence-corrected chi connectivity index (χ2v) is 1.78. The fourth-order valence-electron chi connectivity index (χ4n) is 0. The molecule has 0 aliphatic rings. The summed E-state index contributed by atoms with van der Waals surface area (Å²) < 4.78 is 17.3. The third-order valence-electron chi connectivity index (χ3n) is 0. The van der Waals surface area contributed by atoms with Crippen molar-refractivity contribution >= 4 is 16.5 Å². The summed E-state index contributed by atoms with van der Waals surface area (Å²) in [4.78, 5) is 28.5. The van der Waals surface area contributed by atoms with Gasteiger partial charge >= 0.3 is 16.5 Å². The van der Waals surface area contributed by atoms with Crippen LogP contribution < -0.4 is 12.3 Å². The molecular weight excluding hydrogens is 186 g/mol. The number of hydrogen-bond donors (Lipinski definition) is 6. The highest BCUT2D eigenvalue weighted by molar-refractivity contribution is 7.45. The number of hydrogen-bond acceptors (Lipinski definition) is 4. The van der Waals surface area contributed by atoms with Gasteiger partial charge in [-0.25, -0.2) is 9.13 Å². The minimum absolute atomic E-state index is 0. The van der Waals surface area contributed by atoms with E-state index in [0.29, 0.717) is 0 Å². The van der Waals surface area contributed by atoms with Crippen LogP contribution >= 0.6 is 16.5 Å². The van der Waals surface area contributed by atoms with E-state index in [1.165, 1.54) is 0 Å². The molecule has 0 heterocycles. The Balaban J connectivity index is -0.0000000326. The summed E-state index contributed by atoms with van der Waals surface area (Å²) in [5, 5.41) is 0. The van der Waals surface area contributed by atoms with E-state index in [4.69, 9.17) is 28.7 Å². The summed E-state index contributed by atoms with van der Waals surface area (Å²) in [7, 11) is -5.47. The molecule has 0 aromatic rings. The Bertz CT molecular complexity index is 87.7. The first-order chi connectivity index (χ1) is 3.41. The highest BCUT2D eigenvalue weighted by Gasteiger charge is 2.00. The standard InChI is InChI=1S/2H3N.H3O4P.HO2P/c;;1-5(2,3)4;1-3-2/h2*1H3;(H3,1,2,3,4);(H,1,2). The Kier molecular flexibility index (Phi) is 26.6. The molecule has 0 amide bonds. The van der Waals surface area contributed by atoms with Gasteiger partial charge in [-0.2, -0.15) is 0 Å². The average molecular weight is 196 g/mol. The predicted molar refractivity (Wildman–Crippen MR) is 34.1 cm³/mol. The second-order valence-electron chi connectivity index (χ2n) is 0.595. The SMILES string of the molecule is N.N.O=P(O)(O)O.O=PO. The van der Waals surface area contributed by atoms with Gasteiger partial charge in [0.25, 0.3) is 0 Å². The molecule has 8 nitrogen and oxygen atoms in total. The predicted octanol–water partition coefficient (Wildman–Crippen LogP) is -0.419. The van der Waals surface area contributed by atoms with Gasteiger partial charge in [0.2, 0.25) is 0 Å². The van der Waals surface area contributed by atoms with Gasteiger partial charge < -0.3 is 31.9 Å². The van der Waals surface area contributed by atoms with E-state index >= 15 is 0 Å². The van der Waals surface area contributed by atoms with Crippen LogP contribution in [0.15, 0.2) is 0 Å². The molecule has 0 aromatic heterocycles. The van der Waals surface area contributed by atoms with Crippen LogP contribution in [-0.4, -0.2) is 19.6 Å². The topological polar surface area (TPSA) is 185 Å². The lowest BCUT2D eigenvalue weighted by atomic mass is 14.0. The van der Waals surface area contributed by atoms with Crippen molar-refractivity contribution in [3.8, 4) is 0 Å². The Morgan fingerprint density at radius 2 is 1.10 bits per heavy atom. The van der Waals surface area contributed by atoms with Gasteiger partial charge in [0.05, 0.1) is 0 Å². The van der Waals surface area contributed by atoms with E-state index in [1.54, 1.807) is 0 Å². The van der Waals surface area contributed by atoms with Gasteiger partial charge in [0, 0.05) is 0 Å². The fraction of sp³-hybridized carbons (Fsp3) is 0. The second kappa shape index (κ2) is 11.8. The Labute approximate surface area is 58.6 Å². The van der Waals surface area contributed by atoms with Crippen LogP contribution in [0.25, 0.3) is 0 Å². The molecule has 0 saturated heterocycles. The lowest BCUT2D eigenvalue weighted by molar-refractivity contribution is 0.275. The largest absolute Gasteiger partial charge is 0.466 e. The molecule has 0 saturated carbocycles. The van der Waals surface area contributed by atoms with Crippen molar-refractivity contribution < 1.29 is 28.7 Å². The van der Waals surface area contributed by atoms with E-state index < -0.39 is 16.5 Å². The molecule has 0 spiro atoms. The van der Waals surface area contributed by atoms with E-state index in [1.807, 2.05) is 0 Å². The van der Waals surface area contributed by atoms with Crippen molar-refractivity contribution in [1.29, 1.82) is 0 Å². The normalized spacial score (nSPS) is 8.00. The molecule has 66 valence electrons. The van der Waals surface area contributed by atoms with Crippen LogP contribution in [0.4, 0.5) is 0 Å². The van der Waals surface area contributed by atoms with Gasteiger partial charge in [-0.3, -0.25) is 0 Å². The lowest BCUT2D eigenvalue weighted by Gasteiger charge is -1.82. The molecule has 0 fully saturated rings. The molecule has 10 N–H and O–H groups in total. The van der Waals surface area contributed by atoms with E-state index in [-0.39, 0.29) is 12.3 Å². The zero-order valence-electron chi connectivity index (χ0n) is 4.91. The molecule has 0 bridgehead atoms. The van der Waals surface area contributed by atoms with Crippen molar-refractivity contribution in [2.45, 2.75) is 0 Å². The minimum atomic E-state index is -4.64. The Morgan fingerprint density at radius 3 is 1.10 bits per heavy atom. The molecule has 10 heteroatoms. The molecule has 0 atom stereocenters. The van der Waals surface area contributed by atoms with Crippen LogP contribution in [0.3, 0.4) is 0 Å². The zero-order chi connectivity index (χ0) is 7.21. The monoisotopic (exact) mass is 196 g/mol. The minimum Gasteiger partial charge on any atom is -0.344 e. The maximum Gasteiger partial charge on any atom is 0.466 e. The first-order valence-corrected chi connectivity index (χ1v) is 3.50.